The van der Waals surface area contributed by atoms with Crippen LogP contribution in [0.15, 0.2) is 65.6 Å². The number of benzene rings is 3. The Bertz CT molecular complexity index is 1310. The topological polar surface area (TPSA) is 75.4 Å². The molecule has 0 aromatic heterocycles. The van der Waals surface area contributed by atoms with Gasteiger partial charge in [0.15, 0.2) is 0 Å². The molecule has 0 atom stereocenters. The average molecular weight is 573 g/mol. The van der Waals surface area contributed by atoms with Crippen LogP contribution in [0.2, 0.25) is 20.1 Å². The molecule has 0 aliphatic heterocycles. The minimum atomic E-state index is -4.10. The highest BCUT2D eigenvalue weighted by molar-refractivity contribution is 7.93. The van der Waals surface area contributed by atoms with Gasteiger partial charge in [0.25, 0.3) is 10.0 Å². The van der Waals surface area contributed by atoms with Crippen LogP contribution in [-0.2, 0) is 23.0 Å². The summed E-state index contributed by atoms with van der Waals surface area (Å²) in [6.07, 6.45) is 4.36. The number of likely N-dealkylation sites (N-methyl/N-ethyl adjacent to an activating group) is 1. The number of rotatable bonds is 10. The van der Waals surface area contributed by atoms with E-state index in [4.69, 9.17) is 52.1 Å². The van der Waals surface area contributed by atoms with E-state index in [1.165, 1.54) is 6.07 Å². The molecule has 0 saturated heterocycles. The van der Waals surface area contributed by atoms with Gasteiger partial charge < -0.3 is 5.73 Å². The van der Waals surface area contributed by atoms with Gasteiger partial charge in [-0.15, -0.1) is 0 Å². The van der Waals surface area contributed by atoms with Crippen molar-refractivity contribution < 1.29 is 8.42 Å². The quantitative estimate of drug-likeness (QED) is 0.282. The Morgan fingerprint density at radius 1 is 1.00 bits per heavy atom. The monoisotopic (exact) mass is 571 g/mol. The molecule has 3 aromatic rings. The zero-order valence-corrected chi connectivity index (χ0v) is 22.8. The first kappa shape index (κ1) is 27.8. The summed E-state index contributed by atoms with van der Waals surface area (Å²) in [6.45, 7) is 1.42. The second-order valence-corrected chi connectivity index (χ2v) is 11.2. The number of hydrogen-bond acceptors (Lipinski definition) is 4. The van der Waals surface area contributed by atoms with Crippen LogP contribution in [0.3, 0.4) is 0 Å². The Morgan fingerprint density at radius 3 is 2.37 bits per heavy atom. The van der Waals surface area contributed by atoms with Crippen molar-refractivity contribution in [2.75, 3.05) is 24.9 Å². The molecule has 3 N–H and O–H groups in total. The fourth-order valence-corrected chi connectivity index (χ4v) is 6.44. The predicted octanol–water partition coefficient (Wildman–Crippen LogP) is 6.75. The van der Waals surface area contributed by atoms with Crippen molar-refractivity contribution in [2.45, 2.75) is 17.9 Å². The molecular weight excluding hydrogens is 548 g/mol. The lowest BCUT2D eigenvalue weighted by Crippen LogP contribution is -2.20. The van der Waals surface area contributed by atoms with Gasteiger partial charge in [-0.25, -0.2) is 8.42 Å². The van der Waals surface area contributed by atoms with E-state index >= 15 is 0 Å². The Hall–Kier alpha value is -1.77. The average Bonchev–Trinajstić information content (AvgIpc) is 2.78. The molecular formula is C25H25Cl4N3O2S. The van der Waals surface area contributed by atoms with Crippen LogP contribution in [0.5, 0.6) is 0 Å². The number of nitrogens with two attached hydrogens (primary N) is 1. The van der Waals surface area contributed by atoms with E-state index in [1.54, 1.807) is 12.1 Å². The highest BCUT2D eigenvalue weighted by Crippen LogP contribution is 2.38. The molecule has 3 rings (SSSR count). The van der Waals surface area contributed by atoms with Gasteiger partial charge in [0, 0.05) is 23.1 Å². The molecule has 0 bridgehead atoms. The number of sulfonamides is 1. The van der Waals surface area contributed by atoms with E-state index < -0.39 is 10.0 Å². The van der Waals surface area contributed by atoms with Crippen LogP contribution < -0.4 is 10.5 Å². The predicted molar refractivity (Wildman–Crippen MR) is 148 cm³/mol. The normalized spacial score (nSPS) is 12.0. The summed E-state index contributed by atoms with van der Waals surface area (Å²) < 4.78 is 29.3. The molecule has 35 heavy (non-hydrogen) atoms. The van der Waals surface area contributed by atoms with Crippen LogP contribution in [0.1, 0.15) is 16.7 Å². The summed E-state index contributed by atoms with van der Waals surface area (Å²) in [7, 11) is -2.16. The fourth-order valence-electron chi connectivity index (χ4n) is 3.48. The Balaban J connectivity index is 1.79. The molecule has 0 saturated carbocycles. The third kappa shape index (κ3) is 7.37. The first-order valence-electron chi connectivity index (χ1n) is 10.7. The molecule has 0 spiro atoms. The Labute approximate surface area is 226 Å². The van der Waals surface area contributed by atoms with E-state index in [1.807, 2.05) is 55.6 Å². The van der Waals surface area contributed by atoms with E-state index in [2.05, 4.69) is 9.62 Å². The van der Waals surface area contributed by atoms with Crippen molar-refractivity contribution in [3.05, 3.63) is 97.5 Å². The number of nitrogens with zero attached hydrogens (tertiary/aromatic N) is 1. The van der Waals surface area contributed by atoms with Gasteiger partial charge in [-0.05, 0) is 61.0 Å². The van der Waals surface area contributed by atoms with Gasteiger partial charge in [0.1, 0.15) is 4.90 Å². The maximum Gasteiger partial charge on any atom is 0.264 e. The van der Waals surface area contributed by atoms with Crippen LogP contribution >= 0.6 is 46.4 Å². The zero-order valence-electron chi connectivity index (χ0n) is 18.9. The van der Waals surface area contributed by atoms with Gasteiger partial charge in [-0.2, -0.15) is 0 Å². The van der Waals surface area contributed by atoms with Gasteiger partial charge in [0.05, 0.1) is 15.7 Å². The van der Waals surface area contributed by atoms with E-state index in [0.717, 1.165) is 11.1 Å². The highest BCUT2D eigenvalue weighted by Gasteiger charge is 2.26. The SMILES string of the molecule is CN(C/C=C/c1ccc(Cl)cc1)Cc1ccccc1NS(=O)(=O)c1c(Cl)cc(Cl)c(CCN)c1Cl. The smallest absolute Gasteiger partial charge is 0.264 e. The van der Waals surface area contributed by atoms with E-state index in [0.29, 0.717) is 35.8 Å². The summed E-state index contributed by atoms with van der Waals surface area (Å²) >= 11 is 24.8. The number of nitrogens with one attached hydrogen (secondary N) is 1. The zero-order chi connectivity index (χ0) is 25.6. The lowest BCUT2D eigenvalue weighted by molar-refractivity contribution is 0.364. The maximum absolute atomic E-state index is 13.3. The second kappa shape index (κ2) is 12.5. The number of halogens is 4. The molecule has 0 fully saturated rings. The van der Waals surface area contributed by atoms with Crippen molar-refractivity contribution >= 4 is 68.2 Å². The second-order valence-electron chi connectivity index (χ2n) is 7.91. The first-order chi connectivity index (χ1) is 16.6. The van der Waals surface area contributed by atoms with Crippen LogP contribution in [-0.4, -0.2) is 33.5 Å². The lowest BCUT2D eigenvalue weighted by atomic mass is 10.1. The molecule has 0 unspecified atom stereocenters. The van der Waals surface area contributed by atoms with Crippen molar-refractivity contribution in [3.8, 4) is 0 Å². The molecule has 0 heterocycles. The molecule has 0 radical (unpaired) electrons. The van der Waals surface area contributed by atoms with Crippen molar-refractivity contribution in [2.24, 2.45) is 5.73 Å². The summed E-state index contributed by atoms with van der Waals surface area (Å²) in [6, 6.07) is 16.1. The Kier molecular flexibility index (Phi) is 9.90. The van der Waals surface area contributed by atoms with E-state index in [9.17, 15) is 8.42 Å². The number of para-hydroxylation sites is 1. The van der Waals surface area contributed by atoms with E-state index in [-0.39, 0.29) is 26.5 Å². The molecule has 3 aromatic carbocycles. The largest absolute Gasteiger partial charge is 0.330 e. The fraction of sp³-hybridized carbons (Fsp3) is 0.200. The minimum absolute atomic E-state index is 0.0256. The molecule has 0 aliphatic carbocycles. The minimum Gasteiger partial charge on any atom is -0.330 e. The standard InChI is InChI=1S/C25H25Cl4N3O2S/c1-32(14-4-5-17-8-10-19(26)11-9-17)16-18-6-2-3-7-23(18)31-35(33,34)25-22(28)15-21(27)20(12-13-30)24(25)29/h2-11,15,31H,12-14,16,30H2,1H3/b5-4+. The molecule has 0 aliphatic rings. The summed E-state index contributed by atoms with van der Waals surface area (Å²) in [4.78, 5) is 1.84. The highest BCUT2D eigenvalue weighted by atomic mass is 35.5. The summed E-state index contributed by atoms with van der Waals surface area (Å²) in [5.41, 5.74) is 8.34. The lowest BCUT2D eigenvalue weighted by Gasteiger charge is -2.19. The van der Waals surface area contributed by atoms with Gasteiger partial charge in [-0.1, -0.05) is 88.9 Å². The molecule has 186 valence electrons. The third-order valence-corrected chi connectivity index (χ3v) is 8.16. The van der Waals surface area contributed by atoms with Crippen LogP contribution in [0.25, 0.3) is 6.08 Å². The molecule has 10 heteroatoms. The maximum atomic E-state index is 13.3. The van der Waals surface area contributed by atoms with Gasteiger partial charge in [-0.3, -0.25) is 9.62 Å². The van der Waals surface area contributed by atoms with Crippen LogP contribution in [0.4, 0.5) is 5.69 Å². The van der Waals surface area contributed by atoms with Gasteiger partial charge >= 0.3 is 0 Å². The molecule has 0 amide bonds. The first-order valence-corrected chi connectivity index (χ1v) is 13.7. The number of hydrogen-bond donors (Lipinski definition) is 2. The van der Waals surface area contributed by atoms with Crippen molar-refractivity contribution in [1.82, 2.24) is 4.90 Å². The number of anilines is 1. The van der Waals surface area contributed by atoms with Crippen molar-refractivity contribution in [3.63, 3.8) is 0 Å². The summed E-state index contributed by atoms with van der Waals surface area (Å²) in [5, 5.41) is 0.880. The molecule has 5 nitrogen and oxygen atoms in total. The Morgan fingerprint density at radius 2 is 1.69 bits per heavy atom. The van der Waals surface area contributed by atoms with Crippen molar-refractivity contribution in [1.29, 1.82) is 0 Å². The van der Waals surface area contributed by atoms with Gasteiger partial charge in [0.2, 0.25) is 0 Å². The van der Waals surface area contributed by atoms with Crippen LogP contribution in [0, 0.1) is 0 Å². The third-order valence-electron chi connectivity index (χ3n) is 5.19. The summed E-state index contributed by atoms with van der Waals surface area (Å²) in [5.74, 6) is 0.